The van der Waals surface area contributed by atoms with Crippen LogP contribution >= 0.6 is 0 Å². The molecule has 4 saturated carbocycles. The molecule has 0 saturated heterocycles. The fraction of sp³-hybridized carbons (Fsp3) is 0.588. The molecule has 8 atom stereocenters. The van der Waals surface area contributed by atoms with Gasteiger partial charge in [-0.1, -0.05) is 24.3 Å². The number of benzene rings is 1. The Morgan fingerprint density at radius 3 is 2.67 bits per heavy atom. The van der Waals surface area contributed by atoms with Gasteiger partial charge in [-0.2, -0.15) is 5.26 Å². The third kappa shape index (κ3) is 0.538. The van der Waals surface area contributed by atoms with E-state index >= 15 is 0 Å². The molecule has 5 aliphatic carbocycles. The van der Waals surface area contributed by atoms with E-state index in [9.17, 15) is 5.26 Å². The quantitative estimate of drug-likeness (QED) is 0.674. The van der Waals surface area contributed by atoms with Crippen molar-refractivity contribution in [1.29, 1.82) is 5.26 Å². The van der Waals surface area contributed by atoms with Crippen molar-refractivity contribution in [2.45, 2.75) is 24.7 Å². The lowest BCUT2D eigenvalue weighted by molar-refractivity contribution is -0.344. The van der Waals surface area contributed by atoms with Gasteiger partial charge in [0.2, 0.25) is 0 Å². The van der Waals surface area contributed by atoms with Crippen molar-refractivity contribution in [2.24, 2.45) is 35.0 Å². The molecule has 0 aromatic heterocycles. The van der Waals surface area contributed by atoms with Gasteiger partial charge in [-0.05, 0) is 59.5 Å². The highest BCUT2D eigenvalue weighted by molar-refractivity contribution is 5.55. The molecule has 1 nitrogen and oxygen atoms in total. The molecule has 1 heteroatoms. The van der Waals surface area contributed by atoms with E-state index in [2.05, 4.69) is 30.3 Å². The first kappa shape index (κ1) is 8.75. The Hall–Kier alpha value is -1.29. The molecule has 6 rings (SSSR count). The highest BCUT2D eigenvalue weighted by Gasteiger charge is 2.87. The average Bonchev–Trinajstić information content (AvgIpc) is 2.31. The van der Waals surface area contributed by atoms with Gasteiger partial charge in [0, 0.05) is 5.92 Å². The predicted octanol–water partition coefficient (Wildman–Crippen LogP) is 3.29. The van der Waals surface area contributed by atoms with Gasteiger partial charge in [-0.3, -0.25) is 0 Å². The molecule has 1 aromatic rings. The molecule has 0 bridgehead atoms. The molecule has 0 amide bonds. The smallest absolute Gasteiger partial charge is 0.0716 e. The molecular weight excluding hydrogens is 218 g/mol. The molecule has 0 N–H and O–H groups in total. The summed E-state index contributed by atoms with van der Waals surface area (Å²) in [5, 5.41) is 9.81. The molecule has 18 heavy (non-hydrogen) atoms. The second-order valence-electron chi connectivity index (χ2n) is 7.21. The van der Waals surface area contributed by atoms with Crippen LogP contribution in [0, 0.1) is 46.3 Å². The van der Waals surface area contributed by atoms with Gasteiger partial charge in [0.15, 0.2) is 0 Å². The zero-order valence-electron chi connectivity index (χ0n) is 10.2. The lowest BCUT2D eigenvalue weighted by atomic mass is 9.15. The highest BCUT2D eigenvalue weighted by Crippen LogP contribution is 2.91. The summed E-state index contributed by atoms with van der Waals surface area (Å²) in [5.74, 6) is 5.61. The van der Waals surface area contributed by atoms with Gasteiger partial charge in [0.1, 0.15) is 0 Å². The van der Waals surface area contributed by atoms with Gasteiger partial charge in [0.05, 0.1) is 11.5 Å². The minimum atomic E-state index is 0.0886. The van der Waals surface area contributed by atoms with Crippen LogP contribution in [0.5, 0.6) is 0 Å². The average molecular weight is 233 g/mol. The van der Waals surface area contributed by atoms with E-state index in [1.54, 1.807) is 11.1 Å². The van der Waals surface area contributed by atoms with Crippen LogP contribution in [-0.4, -0.2) is 0 Å². The third-order valence-electron chi connectivity index (χ3n) is 7.40. The Bertz CT molecular complexity index is 641. The number of nitrogens with zero attached hydrogens (tertiary/aromatic N) is 1. The molecule has 5 aliphatic rings. The normalized spacial score (nSPS) is 59.4. The summed E-state index contributed by atoms with van der Waals surface area (Å²) in [4.78, 5) is 0. The Morgan fingerprint density at radius 1 is 1.06 bits per heavy atom. The van der Waals surface area contributed by atoms with E-state index in [0.29, 0.717) is 5.92 Å². The molecule has 1 aromatic carbocycles. The Morgan fingerprint density at radius 2 is 1.83 bits per heavy atom. The molecule has 0 radical (unpaired) electrons. The summed E-state index contributed by atoms with van der Waals surface area (Å²) in [6.07, 6.45) is 2.84. The minimum absolute atomic E-state index is 0.0886. The summed E-state index contributed by atoms with van der Waals surface area (Å²) in [5.41, 5.74) is 3.28. The number of rotatable bonds is 0. The van der Waals surface area contributed by atoms with Gasteiger partial charge in [-0.15, -0.1) is 0 Å². The summed E-state index contributed by atoms with van der Waals surface area (Å²) < 4.78 is 0. The van der Waals surface area contributed by atoms with Crippen LogP contribution in [0.2, 0.25) is 0 Å². The van der Waals surface area contributed by atoms with Gasteiger partial charge < -0.3 is 0 Å². The van der Waals surface area contributed by atoms with Gasteiger partial charge in [0.25, 0.3) is 0 Å². The van der Waals surface area contributed by atoms with Crippen molar-refractivity contribution in [1.82, 2.24) is 0 Å². The van der Waals surface area contributed by atoms with Crippen molar-refractivity contribution in [3.8, 4) is 6.07 Å². The first-order chi connectivity index (χ1) is 8.89. The second kappa shape index (κ2) is 2.27. The van der Waals surface area contributed by atoms with E-state index in [1.165, 1.54) is 12.8 Å². The van der Waals surface area contributed by atoms with E-state index in [4.69, 9.17) is 0 Å². The standard InChI is InChI=1S/C17H15N/c18-7-17-14-9-4-2-1-3-8(9)12-10-5-6-11(14)15(17)13(10)16(12)17/h1-4,10-16H,5-6H2/t10-,11+,12+,13-,14-,15-,16+,17-/m1/s1. The number of hydrogen-bond donors (Lipinski definition) is 0. The van der Waals surface area contributed by atoms with Crippen LogP contribution in [0.3, 0.4) is 0 Å². The zero-order chi connectivity index (χ0) is 11.6. The van der Waals surface area contributed by atoms with E-state index in [1.807, 2.05) is 0 Å². The van der Waals surface area contributed by atoms with Crippen molar-refractivity contribution in [2.75, 3.05) is 0 Å². The van der Waals surface area contributed by atoms with Crippen LogP contribution in [0.4, 0.5) is 0 Å². The molecule has 88 valence electrons. The molecular formula is C17H15N. The Balaban J connectivity index is 1.71. The minimum Gasteiger partial charge on any atom is -0.198 e. The van der Waals surface area contributed by atoms with Crippen LogP contribution in [0.15, 0.2) is 24.3 Å². The lowest BCUT2D eigenvalue weighted by Gasteiger charge is -2.86. The number of hydrogen-bond acceptors (Lipinski definition) is 1. The maximum atomic E-state index is 9.81. The van der Waals surface area contributed by atoms with E-state index in [0.717, 1.165) is 35.5 Å². The van der Waals surface area contributed by atoms with Crippen LogP contribution in [-0.2, 0) is 0 Å². The molecule has 0 aliphatic heterocycles. The summed E-state index contributed by atoms with van der Waals surface area (Å²) >= 11 is 0. The predicted molar refractivity (Wildman–Crippen MR) is 66.7 cm³/mol. The fourth-order valence-electron chi connectivity index (χ4n) is 7.22. The van der Waals surface area contributed by atoms with Crippen LogP contribution in [0.25, 0.3) is 0 Å². The van der Waals surface area contributed by atoms with E-state index in [-0.39, 0.29) is 5.41 Å². The summed E-state index contributed by atoms with van der Waals surface area (Å²) in [7, 11) is 0. The molecule has 0 unspecified atom stereocenters. The summed E-state index contributed by atoms with van der Waals surface area (Å²) in [6, 6.07) is 11.9. The van der Waals surface area contributed by atoms with Crippen molar-refractivity contribution >= 4 is 0 Å². The number of fused-ring (bicyclic) bond motifs is 5. The highest BCUT2D eigenvalue weighted by atomic mass is 14.9. The van der Waals surface area contributed by atoms with Crippen LogP contribution < -0.4 is 0 Å². The van der Waals surface area contributed by atoms with Crippen molar-refractivity contribution < 1.29 is 0 Å². The maximum Gasteiger partial charge on any atom is 0.0716 e. The largest absolute Gasteiger partial charge is 0.198 e. The SMILES string of the molecule is N#C[C@]12[C@@H]3[C@H]4CC[C@@H]5[C@H](c6ccccc6[C@H]41)[C@H]2[C@H]53. The first-order valence-electron chi connectivity index (χ1n) is 7.39. The molecule has 4 fully saturated rings. The lowest BCUT2D eigenvalue weighted by Crippen LogP contribution is -2.83. The number of nitriles is 1. The fourth-order valence-corrected chi connectivity index (χ4v) is 7.22. The maximum absolute atomic E-state index is 9.81. The van der Waals surface area contributed by atoms with Crippen molar-refractivity contribution in [3.63, 3.8) is 0 Å². The third-order valence-corrected chi connectivity index (χ3v) is 7.40. The van der Waals surface area contributed by atoms with Gasteiger partial charge >= 0.3 is 0 Å². The Labute approximate surface area is 107 Å². The molecule has 0 heterocycles. The molecule has 0 spiro atoms. The van der Waals surface area contributed by atoms with Crippen molar-refractivity contribution in [3.05, 3.63) is 35.4 Å². The Kier molecular flexibility index (Phi) is 1.10. The second-order valence-corrected chi connectivity index (χ2v) is 7.21. The topological polar surface area (TPSA) is 23.8 Å². The van der Waals surface area contributed by atoms with Gasteiger partial charge in [-0.25, -0.2) is 0 Å². The first-order valence-corrected chi connectivity index (χ1v) is 7.39. The van der Waals surface area contributed by atoms with Crippen LogP contribution in [0.1, 0.15) is 35.8 Å². The zero-order valence-corrected chi connectivity index (χ0v) is 10.2. The van der Waals surface area contributed by atoms with E-state index < -0.39 is 0 Å². The monoisotopic (exact) mass is 233 g/mol. The summed E-state index contributed by atoms with van der Waals surface area (Å²) in [6.45, 7) is 0.